The van der Waals surface area contributed by atoms with Crippen molar-refractivity contribution in [3.63, 3.8) is 0 Å². The van der Waals surface area contributed by atoms with Gasteiger partial charge in [-0.05, 0) is 11.6 Å². The van der Waals surface area contributed by atoms with Gasteiger partial charge >= 0.3 is 6.18 Å². The van der Waals surface area contributed by atoms with Crippen LogP contribution in [0.5, 0.6) is 5.75 Å². The predicted molar refractivity (Wildman–Crippen MR) is 45.2 cm³/mol. The first kappa shape index (κ1) is 13.2. The Morgan fingerprint density at radius 3 is 2.41 bits per heavy atom. The Morgan fingerprint density at radius 2 is 2.00 bits per heavy atom. The number of halogens is 5. The molecule has 1 N–H and O–H groups in total. The van der Waals surface area contributed by atoms with Gasteiger partial charge in [0.1, 0.15) is 11.4 Å². The van der Waals surface area contributed by atoms with Crippen LogP contribution in [0.25, 0.3) is 0 Å². The molecule has 0 atom stereocenters. The van der Waals surface area contributed by atoms with Crippen molar-refractivity contribution in [2.45, 2.75) is 19.0 Å². The zero-order valence-electron chi connectivity index (χ0n) is 8.09. The van der Waals surface area contributed by atoms with Gasteiger partial charge in [-0.2, -0.15) is 18.4 Å². The molecular formula is C9H5F5N2O. The maximum Gasteiger partial charge on any atom is 0.437 e. The van der Waals surface area contributed by atoms with E-state index in [0.29, 0.717) is 6.07 Å². The summed E-state index contributed by atoms with van der Waals surface area (Å²) in [5, 5.41) is 17.3. The molecule has 92 valence electrons. The van der Waals surface area contributed by atoms with E-state index in [2.05, 4.69) is 4.98 Å². The third-order valence-electron chi connectivity index (χ3n) is 1.86. The van der Waals surface area contributed by atoms with Crippen LogP contribution in [0.1, 0.15) is 23.4 Å². The zero-order chi connectivity index (χ0) is 13.2. The fraction of sp³-hybridized carbons (Fsp3) is 0.333. The standard InChI is InChI=1S/C9H5F5N2O/c10-8(11)6-4(1-2-15)3-5(17)7(16-6)9(12,13)14/h3,8,17H,1H2. The smallest absolute Gasteiger partial charge is 0.437 e. The predicted octanol–water partition coefficient (Wildman–Crippen LogP) is 2.81. The second kappa shape index (κ2) is 4.53. The van der Waals surface area contributed by atoms with Crippen LogP contribution in [-0.2, 0) is 12.6 Å². The Hall–Kier alpha value is -1.91. The van der Waals surface area contributed by atoms with Crippen molar-refractivity contribution in [1.82, 2.24) is 4.98 Å². The Bertz CT molecular complexity index is 464. The van der Waals surface area contributed by atoms with Gasteiger partial charge in [-0.25, -0.2) is 13.8 Å². The summed E-state index contributed by atoms with van der Waals surface area (Å²) >= 11 is 0. The Kier molecular flexibility index (Phi) is 3.50. The molecule has 0 bridgehead atoms. The van der Waals surface area contributed by atoms with Gasteiger partial charge in [-0.1, -0.05) is 0 Å². The molecule has 0 unspecified atom stereocenters. The van der Waals surface area contributed by atoms with E-state index in [1.54, 1.807) is 0 Å². The molecular weight excluding hydrogens is 247 g/mol. The van der Waals surface area contributed by atoms with Crippen LogP contribution in [0.4, 0.5) is 22.0 Å². The lowest BCUT2D eigenvalue weighted by atomic mass is 10.1. The van der Waals surface area contributed by atoms with Gasteiger partial charge in [0.15, 0.2) is 5.69 Å². The normalized spacial score (nSPS) is 11.6. The van der Waals surface area contributed by atoms with E-state index in [-0.39, 0.29) is 0 Å². The van der Waals surface area contributed by atoms with E-state index in [1.165, 1.54) is 6.07 Å². The highest BCUT2D eigenvalue weighted by Gasteiger charge is 2.37. The van der Waals surface area contributed by atoms with Gasteiger partial charge in [0.05, 0.1) is 12.5 Å². The molecule has 0 spiro atoms. The summed E-state index contributed by atoms with van der Waals surface area (Å²) in [6, 6.07) is 1.99. The molecule has 1 rings (SSSR count). The Labute approximate surface area is 92.1 Å². The molecule has 1 aromatic heterocycles. The third-order valence-corrected chi connectivity index (χ3v) is 1.86. The summed E-state index contributed by atoms with van der Waals surface area (Å²) in [4.78, 5) is 2.69. The van der Waals surface area contributed by atoms with Crippen molar-refractivity contribution < 1.29 is 27.1 Å². The number of aromatic hydroxyl groups is 1. The molecule has 3 nitrogen and oxygen atoms in total. The van der Waals surface area contributed by atoms with E-state index in [0.717, 1.165) is 0 Å². The maximum absolute atomic E-state index is 12.4. The molecule has 1 aromatic rings. The van der Waals surface area contributed by atoms with Crippen molar-refractivity contribution in [3.8, 4) is 11.8 Å². The molecule has 0 aliphatic heterocycles. The van der Waals surface area contributed by atoms with Gasteiger partial charge in [0.2, 0.25) is 0 Å². The number of hydrogen-bond donors (Lipinski definition) is 1. The number of nitrogens with zero attached hydrogens (tertiary/aromatic N) is 2. The van der Waals surface area contributed by atoms with Crippen molar-refractivity contribution in [1.29, 1.82) is 5.26 Å². The summed E-state index contributed by atoms with van der Waals surface area (Å²) < 4.78 is 61.7. The maximum atomic E-state index is 12.4. The zero-order valence-corrected chi connectivity index (χ0v) is 8.09. The van der Waals surface area contributed by atoms with E-state index in [9.17, 15) is 22.0 Å². The summed E-state index contributed by atoms with van der Waals surface area (Å²) in [6.07, 6.45) is -8.84. The summed E-state index contributed by atoms with van der Waals surface area (Å²) in [5.74, 6) is -1.27. The molecule has 0 aliphatic carbocycles. The molecule has 0 aliphatic rings. The Morgan fingerprint density at radius 1 is 1.41 bits per heavy atom. The van der Waals surface area contributed by atoms with E-state index in [4.69, 9.17) is 10.4 Å². The van der Waals surface area contributed by atoms with Crippen molar-refractivity contribution in [3.05, 3.63) is 23.0 Å². The average molecular weight is 252 g/mol. The first-order chi connectivity index (χ1) is 7.77. The Balaban J connectivity index is 3.41. The van der Waals surface area contributed by atoms with Crippen LogP contribution in [0.2, 0.25) is 0 Å². The molecule has 1 heterocycles. The van der Waals surface area contributed by atoms with E-state index >= 15 is 0 Å². The molecule has 8 heteroatoms. The van der Waals surface area contributed by atoms with Crippen LogP contribution >= 0.6 is 0 Å². The number of rotatable bonds is 2. The quantitative estimate of drug-likeness (QED) is 0.823. The van der Waals surface area contributed by atoms with Crippen LogP contribution in [-0.4, -0.2) is 10.1 Å². The van der Waals surface area contributed by atoms with E-state index < -0.39 is 41.7 Å². The lowest BCUT2D eigenvalue weighted by Gasteiger charge is -2.12. The molecule has 0 aromatic carbocycles. The fourth-order valence-corrected chi connectivity index (χ4v) is 1.18. The van der Waals surface area contributed by atoms with Crippen LogP contribution in [0.15, 0.2) is 6.07 Å². The average Bonchev–Trinajstić information content (AvgIpc) is 2.15. The second-order valence-corrected chi connectivity index (χ2v) is 3.03. The highest BCUT2D eigenvalue weighted by atomic mass is 19.4. The number of aromatic nitrogens is 1. The largest absolute Gasteiger partial charge is 0.506 e. The number of nitriles is 1. The highest BCUT2D eigenvalue weighted by molar-refractivity contribution is 5.37. The van der Waals surface area contributed by atoms with Gasteiger partial charge in [0, 0.05) is 0 Å². The first-order valence-electron chi connectivity index (χ1n) is 4.22. The molecule has 0 saturated heterocycles. The summed E-state index contributed by atoms with van der Waals surface area (Å²) in [7, 11) is 0. The van der Waals surface area contributed by atoms with Crippen molar-refractivity contribution in [2.75, 3.05) is 0 Å². The number of alkyl halides is 5. The second-order valence-electron chi connectivity index (χ2n) is 3.03. The molecule has 17 heavy (non-hydrogen) atoms. The monoisotopic (exact) mass is 252 g/mol. The molecule has 0 saturated carbocycles. The molecule has 0 radical (unpaired) electrons. The van der Waals surface area contributed by atoms with E-state index in [1.807, 2.05) is 0 Å². The lowest BCUT2D eigenvalue weighted by Crippen LogP contribution is -2.12. The minimum absolute atomic E-state index is 0.423. The first-order valence-corrected chi connectivity index (χ1v) is 4.22. The third kappa shape index (κ3) is 2.81. The van der Waals surface area contributed by atoms with Gasteiger partial charge < -0.3 is 5.11 Å². The van der Waals surface area contributed by atoms with Crippen LogP contribution in [0, 0.1) is 11.3 Å². The molecule has 0 fully saturated rings. The minimum Gasteiger partial charge on any atom is -0.506 e. The van der Waals surface area contributed by atoms with Crippen molar-refractivity contribution >= 4 is 0 Å². The van der Waals surface area contributed by atoms with Gasteiger partial charge in [0.25, 0.3) is 6.43 Å². The van der Waals surface area contributed by atoms with Gasteiger partial charge in [-0.15, -0.1) is 0 Å². The van der Waals surface area contributed by atoms with Crippen LogP contribution < -0.4 is 0 Å². The summed E-state index contributed by atoms with van der Waals surface area (Å²) in [6.45, 7) is 0. The lowest BCUT2D eigenvalue weighted by molar-refractivity contribution is -0.142. The number of hydrogen-bond acceptors (Lipinski definition) is 3. The minimum atomic E-state index is -5.03. The summed E-state index contributed by atoms with van der Waals surface area (Å²) in [5.41, 5.74) is -3.35. The molecule has 0 amide bonds. The van der Waals surface area contributed by atoms with Crippen molar-refractivity contribution in [2.24, 2.45) is 0 Å². The van der Waals surface area contributed by atoms with Crippen LogP contribution in [0.3, 0.4) is 0 Å². The highest BCUT2D eigenvalue weighted by Crippen LogP contribution is 2.36. The SMILES string of the molecule is N#CCc1cc(O)c(C(F)(F)F)nc1C(F)F. The topological polar surface area (TPSA) is 56.9 Å². The van der Waals surface area contributed by atoms with Gasteiger partial charge in [-0.3, -0.25) is 0 Å². The number of pyridine rings is 1. The fourth-order valence-electron chi connectivity index (χ4n) is 1.18.